The summed E-state index contributed by atoms with van der Waals surface area (Å²) in [6.45, 7) is 2.27. The highest BCUT2D eigenvalue weighted by molar-refractivity contribution is 5.76. The maximum atomic E-state index is 13.4. The molecule has 0 radical (unpaired) electrons. The third kappa shape index (κ3) is 9.93. The summed E-state index contributed by atoms with van der Waals surface area (Å²) < 4.78 is 6.34. The summed E-state index contributed by atoms with van der Waals surface area (Å²) in [5.41, 5.74) is 1.41. The van der Waals surface area contributed by atoms with Crippen molar-refractivity contribution < 1.29 is 14.6 Å². The van der Waals surface area contributed by atoms with Crippen LogP contribution < -0.4 is 0 Å². The summed E-state index contributed by atoms with van der Waals surface area (Å²) in [5.74, 6) is -0.578. The molecule has 3 rings (SSSR count). The molecule has 0 saturated carbocycles. The van der Waals surface area contributed by atoms with Gasteiger partial charge in [0, 0.05) is 16.7 Å². The smallest absolute Gasteiger partial charge is 0.336 e. The minimum Gasteiger partial charge on any atom is -0.442 e. The quantitative estimate of drug-likeness (QED) is 0.0878. The lowest BCUT2D eigenvalue weighted by atomic mass is 9.80. The molecule has 0 aliphatic heterocycles. The zero-order valence-corrected chi connectivity index (χ0v) is 24.6. The summed E-state index contributed by atoms with van der Waals surface area (Å²) in [5, 5.41) is 10.8. The fourth-order valence-electron chi connectivity index (χ4n) is 5.56. The number of esters is 1. The Kier molecular flexibility index (Phi) is 14.6. The summed E-state index contributed by atoms with van der Waals surface area (Å²) >= 11 is 0. The Labute approximate surface area is 243 Å². The maximum absolute atomic E-state index is 13.4. The molecule has 3 heteroatoms. The molecule has 0 bridgehead atoms. The van der Waals surface area contributed by atoms with E-state index in [1.807, 2.05) is 91.0 Å². The number of benzene rings is 3. The van der Waals surface area contributed by atoms with Crippen LogP contribution in [0.25, 0.3) is 0 Å². The molecule has 0 heterocycles. The van der Waals surface area contributed by atoms with Crippen molar-refractivity contribution in [1.29, 1.82) is 0 Å². The normalized spacial score (nSPS) is 12.2. The molecule has 1 N–H and O–H groups in total. The molecular weight excluding hydrogens is 492 g/mol. The first-order chi connectivity index (χ1) is 19.7. The van der Waals surface area contributed by atoms with Crippen molar-refractivity contribution in [2.45, 2.75) is 115 Å². The van der Waals surface area contributed by atoms with Crippen LogP contribution in [0.3, 0.4) is 0 Å². The molecule has 40 heavy (non-hydrogen) atoms. The van der Waals surface area contributed by atoms with Gasteiger partial charge in [-0.05, 0) is 6.42 Å². The second-order valence-corrected chi connectivity index (χ2v) is 11.1. The van der Waals surface area contributed by atoms with Gasteiger partial charge in [-0.1, -0.05) is 188 Å². The highest BCUT2D eigenvalue weighted by Gasteiger charge is 2.41. The molecule has 0 spiro atoms. The number of carbonyl (C=O) groups is 1. The SMILES string of the molecule is CCCCCCCCCCCCCCCCC(O)C(=O)OC(c1ccccc1)(c1ccccc1)c1ccccc1. The van der Waals surface area contributed by atoms with Crippen LogP contribution in [0, 0.1) is 0 Å². The third-order valence-corrected chi connectivity index (χ3v) is 7.90. The van der Waals surface area contributed by atoms with E-state index in [-0.39, 0.29) is 0 Å². The molecule has 0 amide bonds. The number of rotatable bonds is 20. The molecule has 0 aromatic heterocycles. The lowest BCUT2D eigenvalue weighted by Gasteiger charge is -2.36. The Morgan fingerprint density at radius 3 is 1.25 bits per heavy atom. The van der Waals surface area contributed by atoms with Gasteiger partial charge < -0.3 is 9.84 Å². The first kappa shape index (κ1) is 31.6. The molecule has 3 nitrogen and oxygen atoms in total. The predicted molar refractivity (Wildman–Crippen MR) is 166 cm³/mol. The molecule has 0 aliphatic rings. The van der Waals surface area contributed by atoms with E-state index >= 15 is 0 Å². The Morgan fingerprint density at radius 1 is 0.575 bits per heavy atom. The minimum absolute atomic E-state index is 0.422. The van der Waals surface area contributed by atoms with Crippen molar-refractivity contribution in [2.75, 3.05) is 0 Å². The van der Waals surface area contributed by atoms with E-state index in [1.165, 1.54) is 70.6 Å². The van der Waals surface area contributed by atoms with Gasteiger partial charge in [-0.3, -0.25) is 0 Å². The van der Waals surface area contributed by atoms with E-state index in [4.69, 9.17) is 4.74 Å². The lowest BCUT2D eigenvalue weighted by Crippen LogP contribution is -2.38. The van der Waals surface area contributed by atoms with E-state index in [9.17, 15) is 9.90 Å². The van der Waals surface area contributed by atoms with Gasteiger partial charge >= 0.3 is 5.97 Å². The van der Waals surface area contributed by atoms with E-state index in [0.717, 1.165) is 36.0 Å². The maximum Gasteiger partial charge on any atom is 0.336 e. The second kappa shape index (κ2) is 18.4. The zero-order valence-electron chi connectivity index (χ0n) is 24.6. The van der Waals surface area contributed by atoms with Crippen molar-refractivity contribution in [3.05, 3.63) is 108 Å². The Bertz CT molecular complexity index is 952. The van der Waals surface area contributed by atoms with Gasteiger partial charge in [0.1, 0.15) is 0 Å². The van der Waals surface area contributed by atoms with Crippen LogP contribution in [-0.2, 0) is 15.1 Å². The molecule has 3 aromatic rings. The Balaban J connectivity index is 1.48. The van der Waals surface area contributed by atoms with Crippen molar-refractivity contribution in [2.24, 2.45) is 0 Å². The number of unbranched alkanes of at least 4 members (excludes halogenated alkanes) is 13. The largest absolute Gasteiger partial charge is 0.442 e. The van der Waals surface area contributed by atoms with Gasteiger partial charge in [0.15, 0.2) is 11.7 Å². The molecule has 216 valence electrons. The number of aliphatic hydroxyl groups is 1. The van der Waals surface area contributed by atoms with Crippen LogP contribution in [0.2, 0.25) is 0 Å². The average Bonchev–Trinajstić information content (AvgIpc) is 3.01. The van der Waals surface area contributed by atoms with Crippen molar-refractivity contribution in [1.82, 2.24) is 0 Å². The highest BCUT2D eigenvalue weighted by Crippen LogP contribution is 2.40. The van der Waals surface area contributed by atoms with Gasteiger partial charge in [-0.2, -0.15) is 0 Å². The van der Waals surface area contributed by atoms with Crippen LogP contribution in [0.4, 0.5) is 0 Å². The monoisotopic (exact) mass is 542 g/mol. The number of ether oxygens (including phenoxy) is 1. The third-order valence-electron chi connectivity index (χ3n) is 7.90. The van der Waals surface area contributed by atoms with E-state index in [1.54, 1.807) is 0 Å². The zero-order chi connectivity index (χ0) is 28.3. The second-order valence-electron chi connectivity index (χ2n) is 11.1. The van der Waals surface area contributed by atoms with Gasteiger partial charge in [0.25, 0.3) is 0 Å². The molecule has 1 unspecified atom stereocenters. The summed E-state index contributed by atoms with van der Waals surface area (Å²) in [7, 11) is 0. The first-order valence-corrected chi connectivity index (χ1v) is 15.8. The summed E-state index contributed by atoms with van der Waals surface area (Å²) in [6.07, 6.45) is 17.1. The Hall–Kier alpha value is -2.91. The molecule has 3 aromatic carbocycles. The van der Waals surface area contributed by atoms with E-state index in [0.29, 0.717) is 6.42 Å². The van der Waals surface area contributed by atoms with E-state index < -0.39 is 17.7 Å². The molecular formula is C37H50O3. The standard InChI is InChI=1S/C37H50O3/c1-2-3-4-5-6-7-8-9-10-11-12-13-14-24-31-35(38)36(39)40-37(32-25-18-15-19-26-32,33-27-20-16-21-28-33)34-29-22-17-23-30-34/h15-23,25-30,35,38H,2-14,24,31H2,1H3. The van der Waals surface area contributed by atoms with Crippen LogP contribution in [0.15, 0.2) is 91.0 Å². The first-order valence-electron chi connectivity index (χ1n) is 15.8. The molecule has 0 fully saturated rings. The van der Waals surface area contributed by atoms with Crippen molar-refractivity contribution >= 4 is 5.97 Å². The van der Waals surface area contributed by atoms with E-state index in [2.05, 4.69) is 6.92 Å². The Morgan fingerprint density at radius 2 is 0.900 bits per heavy atom. The summed E-state index contributed by atoms with van der Waals surface area (Å²) in [6, 6.07) is 29.5. The molecule has 0 aliphatic carbocycles. The topological polar surface area (TPSA) is 46.5 Å². The average molecular weight is 543 g/mol. The number of hydrogen-bond acceptors (Lipinski definition) is 3. The molecule has 0 saturated heterocycles. The van der Waals surface area contributed by atoms with Gasteiger partial charge in [-0.15, -0.1) is 0 Å². The molecule has 1 atom stereocenters. The number of aliphatic hydroxyl groups excluding tert-OH is 1. The van der Waals surface area contributed by atoms with Crippen LogP contribution in [0.5, 0.6) is 0 Å². The van der Waals surface area contributed by atoms with Gasteiger partial charge in [0.05, 0.1) is 0 Å². The van der Waals surface area contributed by atoms with Crippen LogP contribution >= 0.6 is 0 Å². The van der Waals surface area contributed by atoms with Crippen molar-refractivity contribution in [3.8, 4) is 0 Å². The lowest BCUT2D eigenvalue weighted by molar-refractivity contribution is -0.164. The van der Waals surface area contributed by atoms with Crippen LogP contribution in [-0.4, -0.2) is 17.2 Å². The van der Waals surface area contributed by atoms with Gasteiger partial charge in [-0.25, -0.2) is 4.79 Å². The number of carbonyl (C=O) groups excluding carboxylic acids is 1. The highest BCUT2D eigenvalue weighted by atomic mass is 16.6. The predicted octanol–water partition coefficient (Wildman–Crippen LogP) is 9.75. The number of hydrogen-bond donors (Lipinski definition) is 1. The van der Waals surface area contributed by atoms with Crippen LogP contribution in [0.1, 0.15) is 120 Å². The van der Waals surface area contributed by atoms with Crippen molar-refractivity contribution in [3.63, 3.8) is 0 Å². The minimum atomic E-state index is -1.15. The fraction of sp³-hybridized carbons (Fsp3) is 0.486. The fourth-order valence-corrected chi connectivity index (χ4v) is 5.56. The van der Waals surface area contributed by atoms with Gasteiger partial charge in [0.2, 0.25) is 0 Å². The summed E-state index contributed by atoms with van der Waals surface area (Å²) in [4.78, 5) is 13.4.